The number of anilines is 1. The summed E-state index contributed by atoms with van der Waals surface area (Å²) in [7, 11) is 0. The normalized spacial score (nSPS) is 10.7. The molecule has 0 aromatic carbocycles. The number of amides is 1. The molecule has 0 aliphatic carbocycles. The first-order chi connectivity index (χ1) is 9.63. The zero-order valence-electron chi connectivity index (χ0n) is 11.2. The quantitative estimate of drug-likeness (QED) is 0.698. The molecule has 0 atom stereocenters. The third kappa shape index (κ3) is 3.11. The summed E-state index contributed by atoms with van der Waals surface area (Å²) in [4.78, 5) is 16.1. The number of halogens is 1. The Bertz CT molecular complexity index is 591. The molecule has 7 nitrogen and oxygen atoms in total. The van der Waals surface area contributed by atoms with Gasteiger partial charge in [0.05, 0.1) is 0 Å². The van der Waals surface area contributed by atoms with Crippen LogP contribution in [0.4, 0.5) is 5.82 Å². The lowest BCUT2D eigenvalue weighted by Gasteiger charge is -2.07. The Morgan fingerprint density at radius 2 is 2.40 bits per heavy atom. The molecule has 108 valence electrons. The van der Waals surface area contributed by atoms with E-state index in [-0.39, 0.29) is 22.4 Å². The number of hydrogen-bond acceptors (Lipinski definition) is 4. The van der Waals surface area contributed by atoms with Gasteiger partial charge < -0.3 is 15.6 Å². The van der Waals surface area contributed by atoms with E-state index in [1.807, 2.05) is 6.20 Å². The maximum absolute atomic E-state index is 11.8. The van der Waals surface area contributed by atoms with Crippen molar-refractivity contribution in [1.29, 1.82) is 0 Å². The molecular weight excluding hydrogens is 280 g/mol. The molecule has 0 aliphatic heterocycles. The molecule has 0 aliphatic rings. The van der Waals surface area contributed by atoms with Gasteiger partial charge in [-0.3, -0.25) is 9.89 Å². The maximum Gasteiger partial charge on any atom is 0.270 e. The van der Waals surface area contributed by atoms with E-state index in [9.17, 15) is 4.79 Å². The average molecular weight is 297 g/mol. The number of nitrogens with two attached hydrogens (primary N) is 1. The summed E-state index contributed by atoms with van der Waals surface area (Å²) in [6, 6.07) is 0. The van der Waals surface area contributed by atoms with Crippen molar-refractivity contribution >= 4 is 23.3 Å². The Morgan fingerprint density at radius 3 is 3.05 bits per heavy atom. The van der Waals surface area contributed by atoms with Crippen molar-refractivity contribution in [3.63, 3.8) is 0 Å². The zero-order chi connectivity index (χ0) is 14.5. The summed E-state index contributed by atoms with van der Waals surface area (Å²) in [5.41, 5.74) is 5.66. The summed E-state index contributed by atoms with van der Waals surface area (Å²) in [6.45, 7) is 3.41. The molecular formula is C12H17ClN6O. The largest absolute Gasteiger partial charge is 0.381 e. The van der Waals surface area contributed by atoms with E-state index < -0.39 is 0 Å². The third-order valence-electron chi connectivity index (χ3n) is 2.94. The minimum Gasteiger partial charge on any atom is -0.381 e. The molecule has 8 heteroatoms. The second-order valence-corrected chi connectivity index (χ2v) is 4.68. The van der Waals surface area contributed by atoms with Crippen molar-refractivity contribution in [2.75, 3.05) is 12.3 Å². The Labute approximate surface area is 121 Å². The summed E-state index contributed by atoms with van der Waals surface area (Å²) in [6.07, 6.45) is 5.41. The highest BCUT2D eigenvalue weighted by atomic mass is 35.5. The molecule has 4 N–H and O–H groups in total. The van der Waals surface area contributed by atoms with Gasteiger partial charge in [0.1, 0.15) is 16.5 Å². The van der Waals surface area contributed by atoms with Crippen LogP contribution in [0.5, 0.6) is 0 Å². The van der Waals surface area contributed by atoms with Gasteiger partial charge in [-0.2, -0.15) is 5.10 Å². The zero-order valence-corrected chi connectivity index (χ0v) is 11.9. The minimum atomic E-state index is -0.305. The third-order valence-corrected chi connectivity index (χ3v) is 3.32. The molecule has 0 radical (unpaired) electrons. The lowest BCUT2D eigenvalue weighted by Crippen LogP contribution is -2.26. The van der Waals surface area contributed by atoms with Gasteiger partial charge in [0.2, 0.25) is 0 Å². The first kappa shape index (κ1) is 14.4. The number of aromatic nitrogens is 4. The van der Waals surface area contributed by atoms with Crippen molar-refractivity contribution < 1.29 is 4.79 Å². The lowest BCUT2D eigenvalue weighted by atomic mass is 10.3. The number of rotatable bonds is 6. The molecule has 2 rings (SSSR count). The SMILES string of the molecule is CCc1nccn1CCCNC(=O)c1[nH]nc(N)c1Cl. The monoisotopic (exact) mass is 296 g/mol. The van der Waals surface area contributed by atoms with Crippen molar-refractivity contribution in [2.45, 2.75) is 26.3 Å². The Hall–Kier alpha value is -2.02. The number of nitrogens with zero attached hydrogens (tertiary/aromatic N) is 3. The minimum absolute atomic E-state index is 0.128. The predicted molar refractivity (Wildman–Crippen MR) is 76.6 cm³/mol. The second kappa shape index (κ2) is 6.42. The molecule has 0 saturated heterocycles. The smallest absolute Gasteiger partial charge is 0.270 e. The number of carbonyl (C=O) groups excluding carboxylic acids is 1. The number of aryl methyl sites for hydroxylation is 2. The van der Waals surface area contributed by atoms with Crippen LogP contribution in [0.15, 0.2) is 12.4 Å². The fourth-order valence-electron chi connectivity index (χ4n) is 1.89. The lowest BCUT2D eigenvalue weighted by molar-refractivity contribution is 0.0948. The molecule has 0 saturated carbocycles. The molecule has 2 heterocycles. The fourth-order valence-corrected chi connectivity index (χ4v) is 2.06. The number of nitrogen functional groups attached to an aromatic ring is 1. The van der Waals surface area contributed by atoms with Gasteiger partial charge >= 0.3 is 0 Å². The van der Waals surface area contributed by atoms with Crippen LogP contribution < -0.4 is 11.1 Å². The molecule has 0 bridgehead atoms. The van der Waals surface area contributed by atoms with Gasteiger partial charge in [-0.15, -0.1) is 0 Å². The van der Waals surface area contributed by atoms with Gasteiger partial charge in [0.15, 0.2) is 5.82 Å². The number of carbonyl (C=O) groups is 1. The van der Waals surface area contributed by atoms with E-state index >= 15 is 0 Å². The first-order valence-electron chi connectivity index (χ1n) is 6.41. The van der Waals surface area contributed by atoms with E-state index in [4.69, 9.17) is 17.3 Å². The summed E-state index contributed by atoms with van der Waals surface area (Å²) in [5.74, 6) is 0.865. The number of aromatic amines is 1. The van der Waals surface area contributed by atoms with Crippen LogP contribution in [0.3, 0.4) is 0 Å². The van der Waals surface area contributed by atoms with Gasteiger partial charge in [-0.25, -0.2) is 4.98 Å². The first-order valence-corrected chi connectivity index (χ1v) is 6.78. The molecule has 20 heavy (non-hydrogen) atoms. The standard InChI is InChI=1S/C12H17ClN6O/c1-2-8-15-5-7-19(8)6-3-4-16-12(20)10-9(13)11(14)18-17-10/h5,7H,2-4,6H2,1H3,(H,16,20)(H3,14,17,18). The molecule has 1 amide bonds. The van der Waals surface area contributed by atoms with Gasteiger partial charge in [0, 0.05) is 31.9 Å². The van der Waals surface area contributed by atoms with Crippen molar-refractivity contribution in [3.8, 4) is 0 Å². The molecule has 0 unspecified atom stereocenters. The summed E-state index contributed by atoms with van der Waals surface area (Å²) >= 11 is 5.85. The van der Waals surface area contributed by atoms with E-state index in [2.05, 4.69) is 32.0 Å². The van der Waals surface area contributed by atoms with Crippen LogP contribution in [0.2, 0.25) is 5.02 Å². The molecule has 2 aromatic rings. The summed E-state index contributed by atoms with van der Waals surface area (Å²) < 4.78 is 2.08. The Kier molecular flexibility index (Phi) is 4.62. The van der Waals surface area contributed by atoms with E-state index in [0.29, 0.717) is 6.54 Å². The average Bonchev–Trinajstić information content (AvgIpc) is 3.02. The van der Waals surface area contributed by atoms with Crippen LogP contribution in [-0.2, 0) is 13.0 Å². The van der Waals surface area contributed by atoms with Crippen LogP contribution in [-0.4, -0.2) is 32.2 Å². The van der Waals surface area contributed by atoms with Crippen LogP contribution in [0, 0.1) is 0 Å². The maximum atomic E-state index is 11.8. The molecule has 2 aromatic heterocycles. The molecule has 0 fully saturated rings. The van der Waals surface area contributed by atoms with Crippen molar-refractivity contribution in [1.82, 2.24) is 25.1 Å². The van der Waals surface area contributed by atoms with Gasteiger partial charge in [-0.05, 0) is 6.42 Å². The van der Waals surface area contributed by atoms with Gasteiger partial charge in [0.25, 0.3) is 5.91 Å². The van der Waals surface area contributed by atoms with Crippen molar-refractivity contribution in [3.05, 3.63) is 28.9 Å². The highest BCUT2D eigenvalue weighted by Crippen LogP contribution is 2.19. The highest BCUT2D eigenvalue weighted by molar-refractivity contribution is 6.35. The Morgan fingerprint density at radius 1 is 1.60 bits per heavy atom. The van der Waals surface area contributed by atoms with Crippen molar-refractivity contribution in [2.24, 2.45) is 0 Å². The topological polar surface area (TPSA) is 102 Å². The number of hydrogen-bond donors (Lipinski definition) is 3. The van der Waals surface area contributed by atoms with Gasteiger partial charge in [-0.1, -0.05) is 18.5 Å². The Balaban J connectivity index is 1.79. The molecule has 0 spiro atoms. The van der Waals surface area contributed by atoms with E-state index in [0.717, 1.165) is 25.2 Å². The number of nitrogens with one attached hydrogen (secondary N) is 2. The second-order valence-electron chi connectivity index (χ2n) is 4.30. The van der Waals surface area contributed by atoms with E-state index in [1.165, 1.54) is 0 Å². The van der Waals surface area contributed by atoms with Crippen LogP contribution >= 0.6 is 11.6 Å². The number of imidazole rings is 1. The highest BCUT2D eigenvalue weighted by Gasteiger charge is 2.15. The predicted octanol–water partition coefficient (Wildman–Crippen LogP) is 1.22. The van der Waals surface area contributed by atoms with E-state index in [1.54, 1.807) is 6.20 Å². The fraction of sp³-hybridized carbons (Fsp3) is 0.417. The summed E-state index contributed by atoms with van der Waals surface area (Å²) in [5, 5.41) is 9.12. The van der Waals surface area contributed by atoms with Crippen LogP contribution in [0.1, 0.15) is 29.7 Å². The van der Waals surface area contributed by atoms with Crippen LogP contribution in [0.25, 0.3) is 0 Å². The number of H-pyrrole nitrogens is 1.